The Hall–Kier alpha value is -5.00. The number of carbonyl (C=O) groups excluding carboxylic acids is 3. The second-order valence-corrected chi connectivity index (χ2v) is 7.89. The molecular formula is C25H17F6N3O6. The topological polar surface area (TPSA) is 132 Å². The maximum Gasteiger partial charge on any atom is 0.573 e. The van der Waals surface area contributed by atoms with E-state index in [4.69, 9.17) is 15.2 Å². The van der Waals surface area contributed by atoms with Crippen LogP contribution < -0.4 is 15.4 Å². The number of nitrogens with two attached hydrogens (primary N) is 1. The SMILES string of the molecule is COC(=O)C1=C(C(=O)OC)N(c2ccc(OC(F)(F)F)cc2C(=O)C(F)(F)F)C(N)=C(C#N)C1c1ccccc1. The van der Waals surface area contributed by atoms with Gasteiger partial charge in [-0.2, -0.15) is 18.4 Å². The minimum atomic E-state index is -5.62. The Kier molecular flexibility index (Phi) is 8.13. The number of hydrogen-bond donors (Lipinski definition) is 1. The molecule has 0 fully saturated rings. The fourth-order valence-electron chi connectivity index (χ4n) is 4.01. The van der Waals surface area contributed by atoms with Crippen molar-refractivity contribution in [1.82, 2.24) is 0 Å². The number of Topliss-reactive ketones (excluding diaryl/α,β-unsaturated/α-hetero) is 1. The molecule has 0 spiro atoms. The molecule has 40 heavy (non-hydrogen) atoms. The number of nitriles is 1. The first-order chi connectivity index (χ1) is 18.7. The second-order valence-electron chi connectivity index (χ2n) is 7.89. The van der Waals surface area contributed by atoms with E-state index in [9.17, 15) is 46.0 Å². The van der Waals surface area contributed by atoms with E-state index >= 15 is 0 Å². The van der Waals surface area contributed by atoms with E-state index in [-0.39, 0.29) is 11.6 Å². The summed E-state index contributed by atoms with van der Waals surface area (Å²) in [6, 6.07) is 10.6. The van der Waals surface area contributed by atoms with E-state index in [0.29, 0.717) is 17.0 Å². The second kappa shape index (κ2) is 11.0. The zero-order valence-electron chi connectivity index (χ0n) is 20.4. The smallest absolute Gasteiger partial charge is 0.466 e. The lowest BCUT2D eigenvalue weighted by atomic mass is 9.80. The molecule has 2 aromatic rings. The minimum absolute atomic E-state index is 0.133. The predicted molar refractivity (Wildman–Crippen MR) is 123 cm³/mol. The number of allylic oxidation sites excluding steroid dienone is 1. The number of ether oxygens (including phenoxy) is 3. The molecule has 0 bridgehead atoms. The largest absolute Gasteiger partial charge is 0.573 e. The Balaban J connectivity index is 2.48. The fourth-order valence-corrected chi connectivity index (χ4v) is 4.01. The molecule has 1 aliphatic rings. The Morgan fingerprint density at radius 1 is 0.950 bits per heavy atom. The van der Waals surface area contributed by atoms with Crippen LogP contribution in [0.15, 0.2) is 71.2 Å². The lowest BCUT2D eigenvalue weighted by Crippen LogP contribution is -2.41. The van der Waals surface area contributed by atoms with Gasteiger partial charge in [0.25, 0.3) is 5.78 Å². The minimum Gasteiger partial charge on any atom is -0.466 e. The maximum atomic E-state index is 13.6. The van der Waals surface area contributed by atoms with Gasteiger partial charge in [0.05, 0.1) is 48.6 Å². The molecule has 2 aromatic carbocycles. The quantitative estimate of drug-likeness (QED) is 0.308. The molecule has 1 heterocycles. The average Bonchev–Trinajstić information content (AvgIpc) is 2.90. The van der Waals surface area contributed by atoms with Crippen molar-refractivity contribution in [3.05, 3.63) is 82.3 Å². The fraction of sp³-hybridized carbons (Fsp3) is 0.200. The number of esters is 2. The number of alkyl halides is 6. The van der Waals surface area contributed by atoms with Crippen LogP contribution in [0.25, 0.3) is 0 Å². The van der Waals surface area contributed by atoms with Crippen molar-refractivity contribution in [2.75, 3.05) is 19.1 Å². The lowest BCUT2D eigenvalue weighted by molar-refractivity contribution is -0.274. The van der Waals surface area contributed by atoms with Gasteiger partial charge in [-0.25, -0.2) is 9.59 Å². The van der Waals surface area contributed by atoms with Gasteiger partial charge in [0.1, 0.15) is 17.3 Å². The van der Waals surface area contributed by atoms with Crippen LogP contribution in [-0.2, 0) is 19.1 Å². The molecule has 1 aliphatic heterocycles. The highest BCUT2D eigenvalue weighted by molar-refractivity contribution is 6.10. The summed E-state index contributed by atoms with van der Waals surface area (Å²) in [5.74, 6) is -8.54. The van der Waals surface area contributed by atoms with Crippen LogP contribution >= 0.6 is 0 Å². The molecule has 1 unspecified atom stereocenters. The van der Waals surface area contributed by atoms with Crippen molar-refractivity contribution in [1.29, 1.82) is 5.26 Å². The normalized spacial score (nSPS) is 15.9. The van der Waals surface area contributed by atoms with E-state index in [1.807, 2.05) is 0 Å². The highest BCUT2D eigenvalue weighted by Gasteiger charge is 2.46. The van der Waals surface area contributed by atoms with Crippen LogP contribution in [0.5, 0.6) is 5.75 Å². The summed E-state index contributed by atoms with van der Waals surface area (Å²) < 4.78 is 92.2. The molecule has 2 N–H and O–H groups in total. The number of benzene rings is 2. The van der Waals surface area contributed by atoms with Crippen molar-refractivity contribution < 1.29 is 54.9 Å². The van der Waals surface area contributed by atoms with Crippen molar-refractivity contribution in [2.45, 2.75) is 18.5 Å². The first-order valence-corrected chi connectivity index (χ1v) is 10.8. The van der Waals surface area contributed by atoms with Crippen LogP contribution in [0.2, 0.25) is 0 Å². The molecule has 0 saturated carbocycles. The standard InChI is InChI=1S/C25H17F6N3O6/c1-38-22(36)18-17(12-6-4-3-5-7-12)15(11-32)21(33)34(19(18)23(37)39-2)16-9-8-13(40-25(29,30)31)10-14(16)20(35)24(26,27)28/h3-10,17H,33H2,1-2H3. The summed E-state index contributed by atoms with van der Waals surface area (Å²) >= 11 is 0. The van der Waals surface area contributed by atoms with Gasteiger partial charge in [0.2, 0.25) is 0 Å². The third kappa shape index (κ3) is 5.70. The summed E-state index contributed by atoms with van der Waals surface area (Å²) in [7, 11) is 1.79. The van der Waals surface area contributed by atoms with Crippen LogP contribution in [-0.4, -0.2) is 44.5 Å². The summed E-state index contributed by atoms with van der Waals surface area (Å²) in [5.41, 5.74) is 2.16. The molecule has 0 saturated heterocycles. The number of nitrogens with zero attached hydrogens (tertiary/aromatic N) is 2. The van der Waals surface area contributed by atoms with Gasteiger partial charge >= 0.3 is 24.5 Å². The Labute approximate surface area is 221 Å². The number of rotatable bonds is 6. The van der Waals surface area contributed by atoms with Gasteiger partial charge in [-0.15, -0.1) is 13.2 Å². The first kappa shape index (κ1) is 29.6. The molecule has 0 aliphatic carbocycles. The van der Waals surface area contributed by atoms with Crippen LogP contribution in [0.3, 0.4) is 0 Å². The molecule has 0 radical (unpaired) electrons. The third-order valence-electron chi connectivity index (χ3n) is 5.55. The van der Waals surface area contributed by atoms with Crippen LogP contribution in [0.4, 0.5) is 32.0 Å². The Morgan fingerprint density at radius 3 is 2.05 bits per heavy atom. The summed E-state index contributed by atoms with van der Waals surface area (Å²) in [5, 5.41) is 9.99. The van der Waals surface area contributed by atoms with Gasteiger partial charge < -0.3 is 19.9 Å². The number of ketones is 1. The lowest BCUT2D eigenvalue weighted by Gasteiger charge is -2.36. The number of anilines is 1. The molecule has 3 rings (SSSR count). The molecule has 1 atom stereocenters. The highest BCUT2D eigenvalue weighted by Crippen LogP contribution is 2.45. The molecule has 0 aromatic heterocycles. The van der Waals surface area contributed by atoms with Crippen LogP contribution in [0, 0.1) is 11.3 Å². The molecule has 9 nitrogen and oxygen atoms in total. The zero-order chi connectivity index (χ0) is 30.0. The van der Waals surface area contributed by atoms with Gasteiger partial charge in [-0.1, -0.05) is 30.3 Å². The predicted octanol–water partition coefficient (Wildman–Crippen LogP) is 4.23. The van der Waals surface area contributed by atoms with E-state index in [1.54, 1.807) is 12.1 Å². The zero-order valence-corrected chi connectivity index (χ0v) is 20.4. The monoisotopic (exact) mass is 569 g/mol. The van der Waals surface area contributed by atoms with Gasteiger partial charge in [-0.05, 0) is 23.8 Å². The number of hydrogen-bond acceptors (Lipinski definition) is 9. The van der Waals surface area contributed by atoms with Crippen LogP contribution in [0.1, 0.15) is 21.8 Å². The maximum absolute atomic E-state index is 13.6. The van der Waals surface area contributed by atoms with Gasteiger partial charge in [0.15, 0.2) is 0 Å². The van der Waals surface area contributed by atoms with Gasteiger partial charge in [-0.3, -0.25) is 9.69 Å². The summed E-state index contributed by atoms with van der Waals surface area (Å²) in [6.07, 6.45) is -11.0. The van der Waals surface area contributed by atoms with E-state index in [2.05, 4.69) is 4.74 Å². The van der Waals surface area contributed by atoms with Crippen molar-refractivity contribution in [3.8, 4) is 11.8 Å². The first-order valence-electron chi connectivity index (χ1n) is 10.8. The van der Waals surface area contributed by atoms with Crippen molar-refractivity contribution in [2.24, 2.45) is 5.73 Å². The Morgan fingerprint density at radius 2 is 1.55 bits per heavy atom. The Bertz CT molecular complexity index is 1460. The van der Waals surface area contributed by atoms with E-state index in [1.165, 1.54) is 24.3 Å². The molecule has 15 heteroatoms. The summed E-state index contributed by atoms with van der Waals surface area (Å²) in [6.45, 7) is 0. The molecule has 0 amide bonds. The molecular weight excluding hydrogens is 552 g/mol. The number of carbonyl (C=O) groups is 3. The van der Waals surface area contributed by atoms with Crippen molar-refractivity contribution >= 4 is 23.4 Å². The average molecular weight is 569 g/mol. The van der Waals surface area contributed by atoms with Gasteiger partial charge in [0, 0.05) is 0 Å². The van der Waals surface area contributed by atoms with E-state index in [0.717, 1.165) is 14.2 Å². The third-order valence-corrected chi connectivity index (χ3v) is 5.55. The van der Waals surface area contributed by atoms with Crippen molar-refractivity contribution in [3.63, 3.8) is 0 Å². The molecule has 210 valence electrons. The number of methoxy groups -OCH3 is 2. The van der Waals surface area contributed by atoms with E-state index < -0.39 is 75.8 Å². The summed E-state index contributed by atoms with van der Waals surface area (Å²) in [4.78, 5) is 38.9. The number of halogens is 6. The highest BCUT2D eigenvalue weighted by atomic mass is 19.4.